The Bertz CT molecular complexity index is 1110. The molecule has 1 aromatic carbocycles. The van der Waals surface area contributed by atoms with Gasteiger partial charge < -0.3 is 9.80 Å². The maximum Gasteiger partial charge on any atom is 0.231 e. The number of benzene rings is 1. The van der Waals surface area contributed by atoms with Crippen LogP contribution in [0.4, 0.5) is 5.82 Å². The monoisotopic (exact) mass is 544 g/mol. The maximum absolute atomic E-state index is 14.0. The number of nitrogens with zero attached hydrogens (tertiary/aromatic N) is 6. The van der Waals surface area contributed by atoms with Gasteiger partial charge in [0.1, 0.15) is 12.1 Å². The second-order valence-corrected chi connectivity index (χ2v) is 11.8. The van der Waals surface area contributed by atoms with Gasteiger partial charge in [0.05, 0.1) is 16.0 Å². The lowest BCUT2D eigenvalue weighted by molar-refractivity contribution is -0.133. The summed E-state index contributed by atoms with van der Waals surface area (Å²) in [5.74, 6) is 1.45. The van der Waals surface area contributed by atoms with Crippen molar-refractivity contribution in [1.29, 1.82) is 0 Å². The van der Waals surface area contributed by atoms with Crippen LogP contribution < -0.4 is 4.90 Å². The van der Waals surface area contributed by atoms with E-state index in [9.17, 15) is 4.79 Å². The zero-order chi connectivity index (χ0) is 26.1. The van der Waals surface area contributed by atoms with Crippen LogP contribution in [0.2, 0.25) is 10.0 Å². The van der Waals surface area contributed by atoms with Crippen LogP contribution in [0, 0.1) is 0 Å². The Kier molecular flexibility index (Phi) is 8.25. The molecular formula is C28H38Cl2N6O. The van der Waals surface area contributed by atoms with Crippen molar-refractivity contribution in [3.05, 3.63) is 51.4 Å². The minimum Gasteiger partial charge on any atom is -0.353 e. The largest absolute Gasteiger partial charge is 0.353 e. The van der Waals surface area contributed by atoms with E-state index in [1.165, 1.54) is 11.3 Å². The van der Waals surface area contributed by atoms with E-state index in [-0.39, 0.29) is 11.8 Å². The minimum absolute atomic E-state index is 0.172. The normalized spacial score (nSPS) is 21.9. The van der Waals surface area contributed by atoms with Gasteiger partial charge in [0.2, 0.25) is 5.91 Å². The highest BCUT2D eigenvalue weighted by atomic mass is 35.5. The lowest BCUT2D eigenvalue weighted by Gasteiger charge is -2.40. The van der Waals surface area contributed by atoms with Gasteiger partial charge >= 0.3 is 0 Å². The molecule has 5 rings (SSSR count). The van der Waals surface area contributed by atoms with Crippen LogP contribution in [0.3, 0.4) is 0 Å². The molecule has 2 aliphatic heterocycles. The Labute approximate surface area is 230 Å². The predicted octanol–water partition coefficient (Wildman–Crippen LogP) is 4.29. The third kappa shape index (κ3) is 5.75. The molecule has 1 aliphatic carbocycles. The van der Waals surface area contributed by atoms with E-state index < -0.39 is 0 Å². The second-order valence-electron chi connectivity index (χ2n) is 11.0. The summed E-state index contributed by atoms with van der Waals surface area (Å²) in [4.78, 5) is 32.5. The van der Waals surface area contributed by atoms with Crippen molar-refractivity contribution in [1.82, 2.24) is 24.7 Å². The fourth-order valence-electron chi connectivity index (χ4n) is 6.01. The van der Waals surface area contributed by atoms with Crippen molar-refractivity contribution in [3.8, 4) is 0 Å². The highest BCUT2D eigenvalue weighted by molar-refractivity contribution is 6.42. The molecule has 1 aromatic heterocycles. The smallest absolute Gasteiger partial charge is 0.231 e. The fraction of sp³-hybridized carbons (Fsp3) is 0.607. The van der Waals surface area contributed by atoms with Crippen molar-refractivity contribution < 1.29 is 4.79 Å². The van der Waals surface area contributed by atoms with Crippen molar-refractivity contribution in [2.24, 2.45) is 0 Å². The summed E-state index contributed by atoms with van der Waals surface area (Å²) in [6.07, 6.45) is 3.86. The zero-order valence-corrected chi connectivity index (χ0v) is 23.7. The number of aromatic nitrogens is 2. The molecule has 0 radical (unpaired) electrons. The first-order valence-corrected chi connectivity index (χ1v) is 14.4. The molecule has 200 valence electrons. The number of carbonyl (C=O) groups excluding carboxylic acids is 1. The Balaban J connectivity index is 1.29. The number of anilines is 1. The van der Waals surface area contributed by atoms with Crippen LogP contribution in [-0.4, -0.2) is 95.5 Å². The van der Waals surface area contributed by atoms with Crippen LogP contribution in [0.5, 0.6) is 0 Å². The Morgan fingerprint density at radius 3 is 2.41 bits per heavy atom. The van der Waals surface area contributed by atoms with Gasteiger partial charge in [0.25, 0.3) is 0 Å². The van der Waals surface area contributed by atoms with Crippen LogP contribution in [0.15, 0.2) is 24.5 Å². The summed E-state index contributed by atoms with van der Waals surface area (Å²) in [5, 5.41) is 1.01. The van der Waals surface area contributed by atoms with E-state index in [0.717, 1.165) is 63.5 Å². The summed E-state index contributed by atoms with van der Waals surface area (Å²) in [7, 11) is 0. The predicted molar refractivity (Wildman–Crippen MR) is 150 cm³/mol. The molecule has 0 bridgehead atoms. The highest BCUT2D eigenvalue weighted by Gasteiger charge is 2.33. The number of hydrogen-bond acceptors (Lipinski definition) is 6. The quantitative estimate of drug-likeness (QED) is 0.540. The molecule has 9 heteroatoms. The summed E-state index contributed by atoms with van der Waals surface area (Å²) >= 11 is 12.6. The van der Waals surface area contributed by atoms with Gasteiger partial charge in [-0.05, 0) is 50.3 Å². The van der Waals surface area contributed by atoms with E-state index in [1.54, 1.807) is 6.33 Å². The number of rotatable bonds is 6. The number of hydrogen-bond donors (Lipinski definition) is 0. The number of fused-ring (bicyclic) bond motifs is 1. The summed E-state index contributed by atoms with van der Waals surface area (Å²) < 4.78 is 0. The van der Waals surface area contributed by atoms with Crippen LogP contribution >= 0.6 is 23.2 Å². The Hall–Kier alpha value is -1.93. The lowest BCUT2D eigenvalue weighted by atomic mass is 9.96. The maximum atomic E-state index is 14.0. The first-order chi connectivity index (χ1) is 17.8. The van der Waals surface area contributed by atoms with Crippen LogP contribution in [-0.2, 0) is 11.2 Å². The molecule has 0 saturated carbocycles. The first kappa shape index (κ1) is 26.7. The number of halogens is 2. The van der Waals surface area contributed by atoms with Gasteiger partial charge in [-0.3, -0.25) is 14.6 Å². The van der Waals surface area contributed by atoms with Crippen LogP contribution in [0.1, 0.15) is 55.8 Å². The van der Waals surface area contributed by atoms with E-state index in [2.05, 4.69) is 45.4 Å². The highest BCUT2D eigenvalue weighted by Crippen LogP contribution is 2.37. The Morgan fingerprint density at radius 1 is 1.00 bits per heavy atom. The van der Waals surface area contributed by atoms with Gasteiger partial charge in [0, 0.05) is 76.2 Å². The molecule has 0 unspecified atom stereocenters. The van der Waals surface area contributed by atoms with Crippen molar-refractivity contribution >= 4 is 34.9 Å². The van der Waals surface area contributed by atoms with Gasteiger partial charge in [-0.2, -0.15) is 0 Å². The molecule has 0 spiro atoms. The molecule has 1 amide bonds. The van der Waals surface area contributed by atoms with Gasteiger partial charge in [-0.25, -0.2) is 9.97 Å². The molecule has 0 N–H and O–H groups in total. The molecule has 37 heavy (non-hydrogen) atoms. The number of amides is 1. The van der Waals surface area contributed by atoms with Crippen molar-refractivity contribution in [3.63, 3.8) is 0 Å². The SMILES string of the molecule is CC(C)N1CCN(C[C@@H](C(=O)N2CCN(c3ncnc4c3[C@H](C)CC4)CC2)c2ccc(Cl)c(Cl)c2)CC1. The second kappa shape index (κ2) is 11.4. The topological polar surface area (TPSA) is 55.8 Å². The number of carbonyl (C=O) groups is 1. The molecule has 2 atom stereocenters. The number of piperazine rings is 2. The van der Waals surface area contributed by atoms with E-state index in [1.807, 2.05) is 23.1 Å². The molecular weight excluding hydrogens is 507 g/mol. The first-order valence-electron chi connectivity index (χ1n) is 13.6. The molecule has 7 nitrogen and oxygen atoms in total. The van der Waals surface area contributed by atoms with Crippen molar-refractivity contribution in [2.45, 2.75) is 51.5 Å². The summed E-state index contributed by atoms with van der Waals surface area (Å²) in [6.45, 7) is 14.4. The van der Waals surface area contributed by atoms with Gasteiger partial charge in [0.15, 0.2) is 0 Å². The summed E-state index contributed by atoms with van der Waals surface area (Å²) in [6, 6.07) is 6.19. The zero-order valence-electron chi connectivity index (χ0n) is 22.2. The van der Waals surface area contributed by atoms with E-state index in [4.69, 9.17) is 23.2 Å². The molecule has 3 heterocycles. The van der Waals surface area contributed by atoms with Crippen molar-refractivity contribution in [2.75, 3.05) is 63.8 Å². The standard InChI is InChI=1S/C28H38Cl2N6O/c1-19(2)34-10-8-33(9-11-34)17-22(21-5-6-23(29)24(30)16-21)28(37)36-14-12-35(13-15-36)27-26-20(3)4-7-25(26)31-18-32-27/h5-6,16,18-20,22H,4,7-15,17H2,1-3H3/t20-,22-/m1/s1. The molecule has 2 aromatic rings. The van der Waals surface area contributed by atoms with E-state index in [0.29, 0.717) is 41.6 Å². The van der Waals surface area contributed by atoms with Gasteiger partial charge in [-0.15, -0.1) is 0 Å². The fourth-order valence-corrected chi connectivity index (χ4v) is 6.32. The molecule has 3 aliphatic rings. The average molecular weight is 546 g/mol. The Morgan fingerprint density at radius 2 is 1.73 bits per heavy atom. The van der Waals surface area contributed by atoms with Crippen LogP contribution in [0.25, 0.3) is 0 Å². The molecule has 2 fully saturated rings. The average Bonchev–Trinajstić information content (AvgIpc) is 3.30. The summed E-state index contributed by atoms with van der Waals surface area (Å²) in [5.41, 5.74) is 3.43. The van der Waals surface area contributed by atoms with E-state index >= 15 is 0 Å². The molecule has 2 saturated heterocycles. The third-order valence-electron chi connectivity index (χ3n) is 8.37. The number of aryl methyl sites for hydroxylation is 1. The lowest BCUT2D eigenvalue weighted by Crippen LogP contribution is -2.53. The minimum atomic E-state index is -0.268. The van der Waals surface area contributed by atoms with Gasteiger partial charge in [-0.1, -0.05) is 36.2 Å². The third-order valence-corrected chi connectivity index (χ3v) is 9.10.